The van der Waals surface area contributed by atoms with E-state index in [1.54, 1.807) is 19.1 Å². The van der Waals surface area contributed by atoms with Crippen LogP contribution in [-0.4, -0.2) is 225 Å². The number of aliphatic hydroxyl groups excluding tert-OH is 11. The lowest BCUT2D eigenvalue weighted by Crippen LogP contribution is -2.60. The lowest BCUT2D eigenvalue weighted by Gasteiger charge is -2.42. The Labute approximate surface area is 428 Å². The molecular formula is C48H64O27. The Balaban J connectivity index is 1.01. The fourth-order valence-electron chi connectivity index (χ4n) is 8.80. The molecule has 5 aliphatic rings. The number of carbonyl (C=O) groups excluding carboxylic acids is 4. The van der Waals surface area contributed by atoms with Gasteiger partial charge in [-0.2, -0.15) is 0 Å². The number of benzene rings is 1. The highest BCUT2D eigenvalue weighted by Gasteiger charge is 2.50. The second kappa shape index (κ2) is 26.8. The van der Waals surface area contributed by atoms with Gasteiger partial charge in [-0.25, -0.2) is 9.59 Å². The van der Waals surface area contributed by atoms with Gasteiger partial charge in [0.15, 0.2) is 18.9 Å². The maximum atomic E-state index is 13.4. The molecule has 5 heterocycles. The molecule has 1 unspecified atom stereocenters. The molecule has 0 aliphatic carbocycles. The molecule has 1 aromatic carbocycles. The first-order valence-corrected chi connectivity index (χ1v) is 23.7. The van der Waals surface area contributed by atoms with E-state index in [1.165, 1.54) is 31.2 Å². The summed E-state index contributed by atoms with van der Waals surface area (Å²) in [6.45, 7) is 0.862. The second-order valence-electron chi connectivity index (χ2n) is 17.8. The number of ether oxygens (including phenoxy) is 12. The molecule has 6 rings (SSSR count). The van der Waals surface area contributed by atoms with Crippen LogP contribution in [0.15, 0.2) is 71.2 Å². The monoisotopic (exact) mass is 1070 g/mol. The summed E-state index contributed by atoms with van der Waals surface area (Å²) in [5, 5.41) is 113. The molecule has 0 spiro atoms. The molecule has 27 nitrogen and oxygen atoms in total. The SMILES string of the molecule is C/C=C1\[C@H](O[C@@H]2O[C@H](CO)[C@@H](O)[C@H](O)[C@H]2O)OC=C(C(=O)OC)[C@H]1CC(=O)Oc1ccc(CCO[C@@H]2O[C@H](COC(=O)CC3C(C(=O)OC)=CO[C@@H](O[C@@H]4O[C@H](CO)[C@@H](O)[C@H](O)[C@H]4O)/C3=C/C)[C@@H](O)[C@H](O)[C@H]2O)cc1. The van der Waals surface area contributed by atoms with Crippen LogP contribution in [0, 0.1) is 11.8 Å². The lowest BCUT2D eigenvalue weighted by molar-refractivity contribution is -0.327. The van der Waals surface area contributed by atoms with E-state index in [4.69, 9.17) is 56.8 Å². The van der Waals surface area contributed by atoms with E-state index >= 15 is 0 Å². The predicted molar refractivity (Wildman–Crippen MR) is 243 cm³/mol. The van der Waals surface area contributed by atoms with Crippen molar-refractivity contribution >= 4 is 23.9 Å². The Hall–Kier alpha value is -5.02. The fraction of sp³-hybridized carbons (Fsp3) is 0.625. The van der Waals surface area contributed by atoms with Crippen LogP contribution in [0.2, 0.25) is 0 Å². The third kappa shape index (κ3) is 13.8. The van der Waals surface area contributed by atoms with E-state index in [0.29, 0.717) is 5.56 Å². The number of hydrogen-bond acceptors (Lipinski definition) is 27. The summed E-state index contributed by atoms with van der Waals surface area (Å²) in [6.07, 6.45) is -23.2. The van der Waals surface area contributed by atoms with Crippen molar-refractivity contribution in [1.82, 2.24) is 0 Å². The van der Waals surface area contributed by atoms with Crippen LogP contribution in [0.5, 0.6) is 5.75 Å². The Morgan fingerprint density at radius 3 is 1.43 bits per heavy atom. The third-order valence-electron chi connectivity index (χ3n) is 13.1. The maximum absolute atomic E-state index is 13.4. The van der Waals surface area contributed by atoms with E-state index < -0.39 is 173 Å². The summed E-state index contributed by atoms with van der Waals surface area (Å²) < 4.78 is 65.8. The van der Waals surface area contributed by atoms with Crippen molar-refractivity contribution in [1.29, 1.82) is 0 Å². The van der Waals surface area contributed by atoms with Crippen molar-refractivity contribution < 1.29 is 132 Å². The molecule has 19 atom stereocenters. The van der Waals surface area contributed by atoms with Gasteiger partial charge in [0.1, 0.15) is 85.6 Å². The van der Waals surface area contributed by atoms with Crippen LogP contribution >= 0.6 is 0 Å². The molecule has 3 saturated heterocycles. The van der Waals surface area contributed by atoms with Gasteiger partial charge in [0, 0.05) is 23.0 Å². The highest BCUT2D eigenvalue weighted by Crippen LogP contribution is 2.38. The summed E-state index contributed by atoms with van der Waals surface area (Å²) in [5.74, 6) is -5.53. The molecule has 11 N–H and O–H groups in total. The molecule has 0 bridgehead atoms. The largest absolute Gasteiger partial charge is 0.468 e. The average Bonchev–Trinajstić information content (AvgIpc) is 3.40. The smallest absolute Gasteiger partial charge is 0.337 e. The molecule has 0 amide bonds. The number of carbonyl (C=O) groups is 4. The minimum Gasteiger partial charge on any atom is -0.468 e. The first-order valence-electron chi connectivity index (χ1n) is 23.7. The molecule has 0 radical (unpaired) electrons. The molecule has 418 valence electrons. The van der Waals surface area contributed by atoms with Gasteiger partial charge in [0.05, 0.1) is 70.6 Å². The molecular weight excluding hydrogens is 1010 g/mol. The summed E-state index contributed by atoms with van der Waals surface area (Å²) >= 11 is 0. The molecule has 0 aromatic heterocycles. The van der Waals surface area contributed by atoms with Gasteiger partial charge in [-0.3, -0.25) is 9.59 Å². The van der Waals surface area contributed by atoms with Crippen molar-refractivity contribution in [3.05, 3.63) is 76.8 Å². The first kappa shape index (κ1) is 59.2. The number of aliphatic hydroxyl groups is 11. The quantitative estimate of drug-likeness (QED) is 0.0271. The van der Waals surface area contributed by atoms with Crippen molar-refractivity contribution in [2.75, 3.05) is 40.6 Å². The van der Waals surface area contributed by atoms with Gasteiger partial charge in [-0.05, 0) is 38.0 Å². The molecule has 1 aromatic rings. The second-order valence-corrected chi connectivity index (χ2v) is 17.8. The average molecular weight is 1070 g/mol. The van der Waals surface area contributed by atoms with E-state index in [2.05, 4.69) is 0 Å². The summed E-state index contributed by atoms with van der Waals surface area (Å²) in [5.41, 5.74) is 0.788. The van der Waals surface area contributed by atoms with Crippen LogP contribution in [0.25, 0.3) is 0 Å². The fourth-order valence-corrected chi connectivity index (χ4v) is 8.80. The zero-order valence-electron chi connectivity index (χ0n) is 41.0. The van der Waals surface area contributed by atoms with Crippen LogP contribution < -0.4 is 4.74 Å². The Kier molecular flexibility index (Phi) is 21.2. The molecule has 75 heavy (non-hydrogen) atoms. The Morgan fingerprint density at radius 1 is 0.560 bits per heavy atom. The van der Waals surface area contributed by atoms with Crippen LogP contribution in [0.1, 0.15) is 32.3 Å². The van der Waals surface area contributed by atoms with E-state index in [0.717, 1.165) is 26.7 Å². The van der Waals surface area contributed by atoms with Gasteiger partial charge in [-0.15, -0.1) is 0 Å². The summed E-state index contributed by atoms with van der Waals surface area (Å²) in [4.78, 5) is 52.3. The first-order chi connectivity index (χ1) is 35.8. The van der Waals surface area contributed by atoms with Crippen molar-refractivity contribution in [2.45, 2.75) is 138 Å². The topological polar surface area (TPSA) is 402 Å². The van der Waals surface area contributed by atoms with E-state index in [1.807, 2.05) is 0 Å². The van der Waals surface area contributed by atoms with Crippen molar-refractivity contribution in [3.8, 4) is 5.75 Å². The van der Waals surface area contributed by atoms with Crippen LogP contribution in [0.4, 0.5) is 0 Å². The highest BCUT2D eigenvalue weighted by molar-refractivity contribution is 5.91. The highest BCUT2D eigenvalue weighted by atomic mass is 16.8. The van der Waals surface area contributed by atoms with Crippen molar-refractivity contribution in [2.24, 2.45) is 11.8 Å². The molecule has 0 saturated carbocycles. The van der Waals surface area contributed by atoms with Gasteiger partial charge in [0.25, 0.3) is 0 Å². The number of methoxy groups -OCH3 is 2. The van der Waals surface area contributed by atoms with Crippen LogP contribution in [-0.2, 0) is 77.7 Å². The molecule has 5 aliphatic heterocycles. The predicted octanol–water partition coefficient (Wildman–Crippen LogP) is -4.13. The number of rotatable bonds is 19. The van der Waals surface area contributed by atoms with Gasteiger partial charge in [-0.1, -0.05) is 24.3 Å². The van der Waals surface area contributed by atoms with Gasteiger partial charge >= 0.3 is 23.9 Å². The zero-order valence-corrected chi connectivity index (χ0v) is 41.0. The van der Waals surface area contributed by atoms with E-state index in [9.17, 15) is 75.3 Å². The summed E-state index contributed by atoms with van der Waals surface area (Å²) in [6, 6.07) is 6.15. The number of esters is 4. The van der Waals surface area contributed by atoms with Crippen molar-refractivity contribution in [3.63, 3.8) is 0 Å². The minimum atomic E-state index is -1.81. The zero-order chi connectivity index (χ0) is 54.8. The Morgan fingerprint density at radius 2 is 0.987 bits per heavy atom. The lowest BCUT2D eigenvalue weighted by atomic mass is 9.86. The molecule has 27 heteroatoms. The number of hydrogen-bond donors (Lipinski definition) is 11. The standard InChI is InChI=1S/C48H64O27/c1-5-22-24(26(42(62)64-3)17-68-44(22)74-47-40(60)36(56)33(53)28(15-49)71-47)13-31(51)67-19-30-35(55)38(58)39(59)46(73-30)66-12-11-20-7-9-21(10-8-20)70-32(52)14-25-23(6-2)45(69-18-27(25)43(63)65-4)75-48-41(61)37(57)34(54)29(16-50)72-48/h5-10,17-18,24-25,28-30,33-41,44-50,53-61H,11-16,19H2,1-4H3/b22-5+,23-6-/t24?,25-,28+,29+,30+,33+,34+,35+,36-,37-,38-,39+,40+,41+,44-,45-,46+,47-,48-/m0/s1. The summed E-state index contributed by atoms with van der Waals surface area (Å²) in [7, 11) is 2.22. The maximum Gasteiger partial charge on any atom is 0.337 e. The van der Waals surface area contributed by atoms with Crippen LogP contribution in [0.3, 0.4) is 0 Å². The van der Waals surface area contributed by atoms with Gasteiger partial charge < -0.3 is 113 Å². The van der Waals surface area contributed by atoms with E-state index in [-0.39, 0.29) is 41.1 Å². The van der Waals surface area contributed by atoms with Gasteiger partial charge in [0.2, 0.25) is 12.6 Å². The Bertz CT molecular complexity index is 2230. The third-order valence-corrected chi connectivity index (χ3v) is 13.1. The minimum absolute atomic E-state index is 0.0730. The normalized spacial score (nSPS) is 37.1. The molecule has 3 fully saturated rings. The number of allylic oxidation sites excluding steroid dienone is 2.